The Kier molecular flexibility index (Phi) is 8.72. The number of methoxy groups -OCH3 is 1. The topological polar surface area (TPSA) is 35.2 Å². The number of hydrogen-bond donors (Lipinski definition) is 1. The van der Waals surface area contributed by atoms with E-state index in [1.54, 1.807) is 7.11 Å². The van der Waals surface area contributed by atoms with Gasteiger partial charge in [-0.1, -0.05) is 69.5 Å². The van der Waals surface area contributed by atoms with Crippen LogP contribution in [0.2, 0.25) is 5.02 Å². The van der Waals surface area contributed by atoms with Crippen LogP contribution in [0.3, 0.4) is 0 Å². The maximum atomic E-state index is 6.24. The molecule has 1 unspecified atom stereocenters. The van der Waals surface area contributed by atoms with Crippen molar-refractivity contribution in [2.45, 2.75) is 64.3 Å². The van der Waals surface area contributed by atoms with Crippen molar-refractivity contribution in [3.8, 4) is 5.75 Å². The number of rotatable bonds is 10. The van der Waals surface area contributed by atoms with E-state index in [0.717, 1.165) is 17.7 Å². The highest BCUT2D eigenvalue weighted by Gasteiger charge is 2.10. The second-order valence-electron chi connectivity index (χ2n) is 5.40. The fourth-order valence-corrected chi connectivity index (χ4v) is 2.72. The first-order valence-electron chi connectivity index (χ1n) is 7.78. The third kappa shape index (κ3) is 6.15. The molecule has 0 saturated heterocycles. The molecule has 0 saturated carbocycles. The number of nitrogens with two attached hydrogens (primary N) is 1. The van der Waals surface area contributed by atoms with Crippen molar-refractivity contribution in [1.29, 1.82) is 0 Å². The summed E-state index contributed by atoms with van der Waals surface area (Å²) < 4.78 is 5.15. The van der Waals surface area contributed by atoms with E-state index in [1.807, 2.05) is 18.2 Å². The summed E-state index contributed by atoms with van der Waals surface area (Å²) >= 11 is 6.24. The maximum absolute atomic E-state index is 6.24. The van der Waals surface area contributed by atoms with Gasteiger partial charge in [0.15, 0.2) is 0 Å². The fraction of sp³-hybridized carbons (Fsp3) is 0.647. The van der Waals surface area contributed by atoms with Crippen LogP contribution in [-0.2, 0) is 0 Å². The molecule has 0 aliphatic heterocycles. The molecule has 0 fully saturated rings. The van der Waals surface area contributed by atoms with Crippen LogP contribution in [0.1, 0.15) is 69.9 Å². The highest BCUT2D eigenvalue weighted by atomic mass is 35.5. The van der Waals surface area contributed by atoms with E-state index in [1.165, 1.54) is 44.9 Å². The Bertz CT molecular complexity index is 381. The van der Waals surface area contributed by atoms with Crippen LogP contribution >= 0.6 is 11.6 Å². The van der Waals surface area contributed by atoms with Crippen LogP contribution < -0.4 is 10.5 Å². The van der Waals surface area contributed by atoms with Crippen molar-refractivity contribution in [2.75, 3.05) is 7.11 Å². The smallest absolute Gasteiger partial charge is 0.120 e. The number of hydrogen-bond acceptors (Lipinski definition) is 2. The maximum Gasteiger partial charge on any atom is 0.120 e. The van der Waals surface area contributed by atoms with Gasteiger partial charge < -0.3 is 10.5 Å². The zero-order chi connectivity index (χ0) is 14.8. The molecule has 1 aromatic rings. The summed E-state index contributed by atoms with van der Waals surface area (Å²) in [5.41, 5.74) is 7.25. The highest BCUT2D eigenvalue weighted by molar-refractivity contribution is 6.31. The van der Waals surface area contributed by atoms with Crippen molar-refractivity contribution in [3.05, 3.63) is 28.8 Å². The Balaban J connectivity index is 2.27. The molecular formula is C17H28ClNO. The molecule has 0 aliphatic rings. The minimum Gasteiger partial charge on any atom is -0.497 e. The van der Waals surface area contributed by atoms with Crippen molar-refractivity contribution in [3.63, 3.8) is 0 Å². The third-order valence-electron chi connectivity index (χ3n) is 3.73. The van der Waals surface area contributed by atoms with E-state index >= 15 is 0 Å². The lowest BCUT2D eigenvalue weighted by molar-refractivity contribution is 0.414. The molecule has 114 valence electrons. The quantitative estimate of drug-likeness (QED) is 0.580. The van der Waals surface area contributed by atoms with E-state index in [-0.39, 0.29) is 6.04 Å². The number of unbranched alkanes of at least 4 members (excludes halogenated alkanes) is 6. The first-order chi connectivity index (χ1) is 9.69. The van der Waals surface area contributed by atoms with Crippen molar-refractivity contribution in [1.82, 2.24) is 0 Å². The lowest BCUT2D eigenvalue weighted by atomic mass is 10.00. The molecule has 2 nitrogen and oxygen atoms in total. The summed E-state index contributed by atoms with van der Waals surface area (Å²) in [5.74, 6) is 0.780. The average molecular weight is 298 g/mol. The normalized spacial score (nSPS) is 12.4. The molecule has 0 amide bonds. The molecule has 0 spiro atoms. The standard InChI is InChI=1S/C17H28ClNO/c1-3-4-5-6-7-8-9-10-17(19)15-12-11-14(20-2)13-16(15)18/h11-13,17H,3-10,19H2,1-2H3. The first kappa shape index (κ1) is 17.3. The van der Waals surface area contributed by atoms with E-state index in [0.29, 0.717) is 5.02 Å². The molecule has 2 N–H and O–H groups in total. The van der Waals surface area contributed by atoms with Gasteiger partial charge in [0.05, 0.1) is 7.11 Å². The van der Waals surface area contributed by atoms with Gasteiger partial charge in [-0.05, 0) is 24.1 Å². The molecule has 20 heavy (non-hydrogen) atoms. The molecule has 0 bridgehead atoms. The molecule has 0 aliphatic carbocycles. The Hall–Kier alpha value is -0.730. The first-order valence-corrected chi connectivity index (χ1v) is 8.15. The van der Waals surface area contributed by atoms with Crippen LogP contribution in [0, 0.1) is 0 Å². The SMILES string of the molecule is CCCCCCCCCC(N)c1ccc(OC)cc1Cl. The van der Waals surface area contributed by atoms with E-state index < -0.39 is 0 Å². The molecule has 0 heterocycles. The van der Waals surface area contributed by atoms with E-state index in [9.17, 15) is 0 Å². The van der Waals surface area contributed by atoms with Gasteiger partial charge in [-0.15, -0.1) is 0 Å². The summed E-state index contributed by atoms with van der Waals surface area (Å²) in [4.78, 5) is 0. The number of benzene rings is 1. The monoisotopic (exact) mass is 297 g/mol. The number of halogens is 1. The lowest BCUT2D eigenvalue weighted by Crippen LogP contribution is -2.10. The van der Waals surface area contributed by atoms with Gasteiger partial charge in [0.2, 0.25) is 0 Å². The van der Waals surface area contributed by atoms with Gasteiger partial charge in [0, 0.05) is 11.1 Å². The van der Waals surface area contributed by atoms with Crippen molar-refractivity contribution >= 4 is 11.6 Å². The Labute approximate surface area is 128 Å². The molecule has 1 atom stereocenters. The van der Waals surface area contributed by atoms with Gasteiger partial charge in [0.25, 0.3) is 0 Å². The average Bonchev–Trinajstić information content (AvgIpc) is 2.45. The third-order valence-corrected chi connectivity index (χ3v) is 4.05. The van der Waals surface area contributed by atoms with Crippen LogP contribution in [0.4, 0.5) is 0 Å². The molecule has 0 radical (unpaired) electrons. The summed E-state index contributed by atoms with van der Waals surface area (Å²) in [5, 5.41) is 0.708. The largest absolute Gasteiger partial charge is 0.497 e. The van der Waals surface area contributed by atoms with Gasteiger partial charge in [-0.3, -0.25) is 0 Å². The summed E-state index contributed by atoms with van der Waals surface area (Å²) in [6.07, 6.45) is 10.2. The van der Waals surface area contributed by atoms with Gasteiger partial charge in [0.1, 0.15) is 5.75 Å². The van der Waals surface area contributed by atoms with E-state index in [2.05, 4.69) is 6.92 Å². The predicted octanol–water partition coefficient (Wildman–Crippen LogP) is 5.49. The fourth-order valence-electron chi connectivity index (χ4n) is 2.41. The molecular weight excluding hydrogens is 270 g/mol. The Morgan fingerprint density at radius 3 is 2.35 bits per heavy atom. The molecule has 1 rings (SSSR count). The van der Waals surface area contributed by atoms with E-state index in [4.69, 9.17) is 22.1 Å². The zero-order valence-electron chi connectivity index (χ0n) is 12.8. The summed E-state index contributed by atoms with van der Waals surface area (Å²) in [7, 11) is 1.64. The Morgan fingerprint density at radius 1 is 1.10 bits per heavy atom. The lowest BCUT2D eigenvalue weighted by Gasteiger charge is -2.14. The summed E-state index contributed by atoms with van der Waals surface area (Å²) in [6.45, 7) is 2.25. The van der Waals surface area contributed by atoms with Crippen LogP contribution in [0.5, 0.6) is 5.75 Å². The molecule has 3 heteroatoms. The van der Waals surface area contributed by atoms with Crippen molar-refractivity contribution in [2.24, 2.45) is 5.73 Å². The van der Waals surface area contributed by atoms with Crippen LogP contribution in [0.15, 0.2) is 18.2 Å². The van der Waals surface area contributed by atoms with Crippen LogP contribution in [0.25, 0.3) is 0 Å². The number of ether oxygens (including phenoxy) is 1. The Morgan fingerprint density at radius 2 is 1.75 bits per heavy atom. The highest BCUT2D eigenvalue weighted by Crippen LogP contribution is 2.28. The molecule has 0 aromatic heterocycles. The predicted molar refractivity (Wildman–Crippen MR) is 87.5 cm³/mol. The summed E-state index contributed by atoms with van der Waals surface area (Å²) in [6, 6.07) is 5.77. The molecule has 1 aromatic carbocycles. The van der Waals surface area contributed by atoms with Gasteiger partial charge >= 0.3 is 0 Å². The zero-order valence-corrected chi connectivity index (χ0v) is 13.6. The second kappa shape index (κ2) is 10.1. The minimum absolute atomic E-state index is 0.0315. The van der Waals surface area contributed by atoms with Gasteiger partial charge in [-0.25, -0.2) is 0 Å². The minimum atomic E-state index is 0.0315. The van der Waals surface area contributed by atoms with Gasteiger partial charge in [-0.2, -0.15) is 0 Å². The van der Waals surface area contributed by atoms with Crippen molar-refractivity contribution < 1.29 is 4.74 Å². The second-order valence-corrected chi connectivity index (χ2v) is 5.81. The van der Waals surface area contributed by atoms with Crippen LogP contribution in [-0.4, -0.2) is 7.11 Å².